The van der Waals surface area contributed by atoms with Crippen LogP contribution in [0.3, 0.4) is 0 Å². The van der Waals surface area contributed by atoms with E-state index >= 15 is 0 Å². The molecule has 1 heterocycles. The third kappa shape index (κ3) is 2.69. The van der Waals surface area contributed by atoms with Crippen molar-refractivity contribution in [2.24, 2.45) is 0 Å². The van der Waals surface area contributed by atoms with E-state index in [1.807, 2.05) is 0 Å². The van der Waals surface area contributed by atoms with Crippen LogP contribution in [0.2, 0.25) is 0 Å². The van der Waals surface area contributed by atoms with Crippen molar-refractivity contribution in [1.82, 2.24) is 0 Å². The first-order chi connectivity index (χ1) is 10.5. The second-order valence-corrected chi connectivity index (χ2v) is 6.22. The molecule has 0 bridgehead atoms. The Labute approximate surface area is 126 Å². The highest BCUT2D eigenvalue weighted by Crippen LogP contribution is 2.33. The van der Waals surface area contributed by atoms with Crippen molar-refractivity contribution in [2.45, 2.75) is 0 Å². The van der Waals surface area contributed by atoms with Crippen LogP contribution in [-0.2, 0) is 10.2 Å². The average Bonchev–Trinajstić information content (AvgIpc) is 2.50. The van der Waals surface area contributed by atoms with Crippen LogP contribution < -0.4 is 13.8 Å². The normalized spacial score (nSPS) is 14.2. The SMILES string of the molecule is O=S(=O)(Nc1ccc(F)c(F)c1)N1CCOc2ccccc21. The lowest BCUT2D eigenvalue weighted by atomic mass is 10.2. The molecule has 0 aliphatic carbocycles. The number of para-hydroxylation sites is 2. The predicted octanol–water partition coefficient (Wildman–Crippen LogP) is 2.52. The largest absolute Gasteiger partial charge is 0.489 e. The van der Waals surface area contributed by atoms with Gasteiger partial charge in [0.2, 0.25) is 0 Å². The third-order valence-electron chi connectivity index (χ3n) is 3.14. The number of nitrogens with one attached hydrogen (secondary N) is 1. The smallest absolute Gasteiger partial charge is 0.324 e. The molecule has 2 aromatic carbocycles. The first-order valence-corrected chi connectivity index (χ1v) is 7.89. The van der Waals surface area contributed by atoms with Gasteiger partial charge >= 0.3 is 10.2 Å². The first kappa shape index (κ1) is 14.6. The lowest BCUT2D eigenvalue weighted by molar-refractivity contribution is 0.316. The summed E-state index contributed by atoms with van der Waals surface area (Å²) in [6, 6.07) is 9.50. The molecule has 1 aliphatic heterocycles. The quantitative estimate of drug-likeness (QED) is 0.943. The molecule has 5 nitrogen and oxygen atoms in total. The fourth-order valence-corrected chi connectivity index (χ4v) is 3.42. The molecule has 1 aliphatic rings. The number of halogens is 2. The third-order valence-corrected chi connectivity index (χ3v) is 4.60. The molecule has 2 aromatic rings. The number of hydrogen-bond donors (Lipinski definition) is 1. The molecular formula is C14H12F2N2O3S. The van der Waals surface area contributed by atoms with Crippen LogP contribution >= 0.6 is 0 Å². The van der Waals surface area contributed by atoms with E-state index in [4.69, 9.17) is 4.74 Å². The monoisotopic (exact) mass is 326 g/mol. The van der Waals surface area contributed by atoms with Crippen molar-refractivity contribution in [1.29, 1.82) is 0 Å². The van der Waals surface area contributed by atoms with Gasteiger partial charge in [-0.05, 0) is 24.3 Å². The number of fused-ring (bicyclic) bond motifs is 1. The molecule has 8 heteroatoms. The van der Waals surface area contributed by atoms with E-state index in [0.29, 0.717) is 11.4 Å². The van der Waals surface area contributed by atoms with Crippen molar-refractivity contribution < 1.29 is 21.9 Å². The summed E-state index contributed by atoms with van der Waals surface area (Å²) in [5.41, 5.74) is 0.340. The van der Waals surface area contributed by atoms with E-state index < -0.39 is 21.8 Å². The fourth-order valence-electron chi connectivity index (χ4n) is 2.16. The number of rotatable bonds is 3. The number of nitrogens with zero attached hydrogens (tertiary/aromatic N) is 1. The molecule has 0 amide bonds. The minimum absolute atomic E-state index is 0.0529. The van der Waals surface area contributed by atoms with E-state index in [0.717, 1.165) is 22.5 Å². The molecule has 3 rings (SSSR count). The van der Waals surface area contributed by atoms with Gasteiger partial charge in [0.15, 0.2) is 11.6 Å². The van der Waals surface area contributed by atoms with Gasteiger partial charge in [0.25, 0.3) is 0 Å². The van der Waals surface area contributed by atoms with Crippen LogP contribution in [0.25, 0.3) is 0 Å². The van der Waals surface area contributed by atoms with Crippen LogP contribution in [0.1, 0.15) is 0 Å². The topological polar surface area (TPSA) is 58.6 Å². The molecule has 22 heavy (non-hydrogen) atoms. The molecule has 0 atom stereocenters. The minimum atomic E-state index is -3.97. The maximum atomic E-state index is 13.2. The van der Waals surface area contributed by atoms with Crippen molar-refractivity contribution in [2.75, 3.05) is 22.2 Å². The molecule has 0 radical (unpaired) electrons. The Bertz CT molecular complexity index is 811. The van der Waals surface area contributed by atoms with Gasteiger partial charge < -0.3 is 4.74 Å². The molecule has 0 saturated carbocycles. The number of ether oxygens (including phenoxy) is 1. The Hall–Kier alpha value is -2.35. The van der Waals surface area contributed by atoms with Gasteiger partial charge in [-0.2, -0.15) is 8.42 Å². The zero-order chi connectivity index (χ0) is 15.7. The van der Waals surface area contributed by atoms with Crippen LogP contribution in [0.4, 0.5) is 20.2 Å². The highest BCUT2D eigenvalue weighted by molar-refractivity contribution is 7.94. The second kappa shape index (κ2) is 5.45. The fraction of sp³-hybridized carbons (Fsp3) is 0.143. The Morgan fingerprint density at radius 1 is 1.09 bits per heavy atom. The number of hydrogen-bond acceptors (Lipinski definition) is 3. The van der Waals surface area contributed by atoms with Gasteiger partial charge in [0, 0.05) is 6.07 Å². The summed E-state index contributed by atoms with van der Waals surface area (Å²) in [4.78, 5) is 0. The molecule has 116 valence electrons. The lowest BCUT2D eigenvalue weighted by Gasteiger charge is -2.30. The van der Waals surface area contributed by atoms with Gasteiger partial charge in [-0.25, -0.2) is 13.1 Å². The van der Waals surface area contributed by atoms with Gasteiger partial charge in [-0.15, -0.1) is 0 Å². The highest BCUT2D eigenvalue weighted by atomic mass is 32.2. The summed E-state index contributed by atoms with van der Waals surface area (Å²) >= 11 is 0. The van der Waals surface area contributed by atoms with E-state index in [1.165, 1.54) is 0 Å². The number of benzene rings is 2. The molecule has 0 fully saturated rings. The van der Waals surface area contributed by atoms with Crippen molar-refractivity contribution >= 4 is 21.6 Å². The summed E-state index contributed by atoms with van der Waals surface area (Å²) < 4.78 is 59.8. The van der Waals surface area contributed by atoms with Gasteiger partial charge in [0.1, 0.15) is 12.4 Å². The first-order valence-electron chi connectivity index (χ1n) is 6.45. The molecule has 0 aromatic heterocycles. The second-order valence-electron chi connectivity index (χ2n) is 4.62. The molecular weight excluding hydrogens is 314 g/mol. The average molecular weight is 326 g/mol. The Kier molecular flexibility index (Phi) is 3.61. The van der Waals surface area contributed by atoms with E-state index in [-0.39, 0.29) is 18.8 Å². The summed E-state index contributed by atoms with van der Waals surface area (Å²) in [6.07, 6.45) is 0. The number of anilines is 2. The molecule has 0 saturated heterocycles. The summed E-state index contributed by atoms with van der Waals surface area (Å²) in [5, 5.41) is 0. The zero-order valence-corrected chi connectivity index (χ0v) is 12.1. The summed E-state index contributed by atoms with van der Waals surface area (Å²) in [6.45, 7) is 0.325. The van der Waals surface area contributed by atoms with Crippen molar-refractivity contribution in [3.8, 4) is 5.75 Å². The predicted molar refractivity (Wildman–Crippen MR) is 78.2 cm³/mol. The maximum absolute atomic E-state index is 13.2. The Balaban J connectivity index is 1.92. The molecule has 0 unspecified atom stereocenters. The summed E-state index contributed by atoms with van der Waals surface area (Å²) in [5.74, 6) is -1.72. The Morgan fingerprint density at radius 2 is 1.86 bits per heavy atom. The van der Waals surface area contributed by atoms with Gasteiger partial charge in [-0.3, -0.25) is 4.72 Å². The van der Waals surface area contributed by atoms with E-state index in [9.17, 15) is 17.2 Å². The van der Waals surface area contributed by atoms with Crippen molar-refractivity contribution in [3.05, 3.63) is 54.1 Å². The van der Waals surface area contributed by atoms with E-state index in [1.54, 1.807) is 24.3 Å². The van der Waals surface area contributed by atoms with Crippen LogP contribution in [-0.4, -0.2) is 21.6 Å². The standard InChI is InChI=1S/C14H12F2N2O3S/c15-11-6-5-10(9-12(11)16)17-22(19,20)18-7-8-21-14-4-2-1-3-13(14)18/h1-6,9,17H,7-8H2. The van der Waals surface area contributed by atoms with Crippen molar-refractivity contribution in [3.63, 3.8) is 0 Å². The molecule has 1 N–H and O–H groups in total. The highest BCUT2D eigenvalue weighted by Gasteiger charge is 2.28. The maximum Gasteiger partial charge on any atom is 0.324 e. The van der Waals surface area contributed by atoms with Gasteiger partial charge in [-0.1, -0.05) is 12.1 Å². The Morgan fingerprint density at radius 3 is 2.64 bits per heavy atom. The zero-order valence-electron chi connectivity index (χ0n) is 11.3. The van der Waals surface area contributed by atoms with Gasteiger partial charge in [0.05, 0.1) is 17.9 Å². The minimum Gasteiger partial charge on any atom is -0.489 e. The van der Waals surface area contributed by atoms with Crippen LogP contribution in [0, 0.1) is 11.6 Å². The van der Waals surface area contributed by atoms with Crippen LogP contribution in [0.15, 0.2) is 42.5 Å². The van der Waals surface area contributed by atoms with Crippen LogP contribution in [0.5, 0.6) is 5.75 Å². The van der Waals surface area contributed by atoms with E-state index in [2.05, 4.69) is 4.72 Å². The summed E-state index contributed by atoms with van der Waals surface area (Å²) in [7, 11) is -3.97. The molecule has 0 spiro atoms. The lowest BCUT2D eigenvalue weighted by Crippen LogP contribution is -2.41.